The first-order valence-electron chi connectivity index (χ1n) is 6.21. The van der Waals surface area contributed by atoms with Crippen molar-refractivity contribution in [1.29, 1.82) is 0 Å². The van der Waals surface area contributed by atoms with E-state index in [1.165, 1.54) is 16.9 Å². The number of nitrogens with zero attached hydrogens (tertiary/aromatic N) is 2. The van der Waals surface area contributed by atoms with E-state index < -0.39 is 15.7 Å². The van der Waals surface area contributed by atoms with Crippen molar-refractivity contribution in [3.8, 4) is 11.3 Å². The topological polar surface area (TPSA) is 78.0 Å². The highest BCUT2D eigenvalue weighted by atomic mass is 32.2. The molecule has 0 atom stereocenters. The molecule has 0 amide bonds. The summed E-state index contributed by atoms with van der Waals surface area (Å²) >= 11 is 0. The van der Waals surface area contributed by atoms with Crippen molar-refractivity contribution in [1.82, 2.24) is 9.78 Å². The van der Waals surface area contributed by atoms with Crippen LogP contribution in [-0.2, 0) is 16.4 Å². The second-order valence-corrected chi connectivity index (χ2v) is 6.89. The molecule has 0 saturated carbocycles. The van der Waals surface area contributed by atoms with Gasteiger partial charge in [-0.2, -0.15) is 5.10 Å². The number of benzene rings is 1. The molecule has 0 aliphatic rings. The van der Waals surface area contributed by atoms with Crippen LogP contribution >= 0.6 is 0 Å². The van der Waals surface area contributed by atoms with Gasteiger partial charge < -0.3 is 5.73 Å². The summed E-state index contributed by atoms with van der Waals surface area (Å²) in [6.45, 7) is 1.80. The second-order valence-electron chi connectivity index (χ2n) is 4.41. The van der Waals surface area contributed by atoms with Gasteiger partial charge >= 0.3 is 0 Å². The van der Waals surface area contributed by atoms with Gasteiger partial charge in [-0.1, -0.05) is 19.1 Å². The van der Waals surface area contributed by atoms with Gasteiger partial charge in [0.1, 0.15) is 11.5 Å². The molecule has 2 N–H and O–H groups in total. The van der Waals surface area contributed by atoms with Crippen LogP contribution in [0.3, 0.4) is 0 Å². The number of anilines is 1. The summed E-state index contributed by atoms with van der Waals surface area (Å²) in [5.74, 6) is -0.337. The summed E-state index contributed by atoms with van der Waals surface area (Å²) < 4.78 is 38.0. The lowest BCUT2D eigenvalue weighted by molar-refractivity contribution is 0.581. The highest BCUT2D eigenvalue weighted by molar-refractivity contribution is 7.91. The van der Waals surface area contributed by atoms with E-state index in [0.717, 1.165) is 0 Å². The average molecular weight is 297 g/mol. The molecule has 20 heavy (non-hydrogen) atoms. The minimum absolute atomic E-state index is 0.0126. The van der Waals surface area contributed by atoms with Gasteiger partial charge in [-0.05, 0) is 12.1 Å². The van der Waals surface area contributed by atoms with E-state index in [0.29, 0.717) is 16.9 Å². The van der Waals surface area contributed by atoms with Gasteiger partial charge in [0.05, 0.1) is 18.0 Å². The molecule has 2 aromatic rings. The molecule has 108 valence electrons. The van der Waals surface area contributed by atoms with Gasteiger partial charge in [-0.15, -0.1) is 0 Å². The molecule has 0 aliphatic carbocycles. The number of aromatic nitrogens is 2. The van der Waals surface area contributed by atoms with Gasteiger partial charge in [-0.25, -0.2) is 12.8 Å². The van der Waals surface area contributed by atoms with Crippen LogP contribution in [-0.4, -0.2) is 29.7 Å². The van der Waals surface area contributed by atoms with E-state index in [1.54, 1.807) is 25.1 Å². The van der Waals surface area contributed by atoms with Crippen LogP contribution in [0.2, 0.25) is 0 Å². The zero-order valence-corrected chi connectivity index (χ0v) is 11.9. The third-order valence-corrected chi connectivity index (χ3v) is 4.67. The fourth-order valence-electron chi connectivity index (χ4n) is 1.79. The molecule has 0 saturated heterocycles. The van der Waals surface area contributed by atoms with Crippen molar-refractivity contribution in [3.63, 3.8) is 0 Å². The lowest BCUT2D eigenvalue weighted by atomic mass is 10.1. The van der Waals surface area contributed by atoms with Gasteiger partial charge in [-0.3, -0.25) is 4.68 Å². The van der Waals surface area contributed by atoms with Crippen LogP contribution < -0.4 is 5.73 Å². The van der Waals surface area contributed by atoms with E-state index in [9.17, 15) is 12.8 Å². The molecule has 0 aliphatic heterocycles. The number of nitrogen functional groups attached to an aromatic ring is 1. The predicted molar refractivity (Wildman–Crippen MR) is 76.4 cm³/mol. The number of halogens is 1. The van der Waals surface area contributed by atoms with Crippen LogP contribution in [0.25, 0.3) is 11.3 Å². The first-order chi connectivity index (χ1) is 9.43. The van der Waals surface area contributed by atoms with Gasteiger partial charge in [0.15, 0.2) is 9.84 Å². The minimum atomic E-state index is -3.07. The van der Waals surface area contributed by atoms with Gasteiger partial charge in [0.2, 0.25) is 0 Å². The monoisotopic (exact) mass is 297 g/mol. The van der Waals surface area contributed by atoms with Crippen LogP contribution in [0.4, 0.5) is 10.1 Å². The maximum Gasteiger partial charge on any atom is 0.151 e. The predicted octanol–water partition coefficient (Wildman–Crippen LogP) is 1.71. The molecule has 7 heteroatoms. The van der Waals surface area contributed by atoms with Crippen molar-refractivity contribution >= 4 is 15.5 Å². The molecule has 0 unspecified atom stereocenters. The second kappa shape index (κ2) is 5.62. The Bertz CT molecular complexity index is 710. The number of aryl methyl sites for hydroxylation is 1. The summed E-state index contributed by atoms with van der Waals surface area (Å²) in [5, 5.41) is 4.17. The normalized spacial score (nSPS) is 11.7. The van der Waals surface area contributed by atoms with E-state index >= 15 is 0 Å². The quantitative estimate of drug-likeness (QED) is 0.911. The van der Waals surface area contributed by atoms with Gasteiger partial charge in [0, 0.05) is 17.5 Å². The molecule has 0 spiro atoms. The largest absolute Gasteiger partial charge is 0.396 e. The van der Waals surface area contributed by atoms with E-state index in [2.05, 4.69) is 5.10 Å². The van der Waals surface area contributed by atoms with Crippen molar-refractivity contribution in [3.05, 3.63) is 36.3 Å². The molecule has 1 aromatic heterocycles. The molecule has 0 bridgehead atoms. The third kappa shape index (κ3) is 3.16. The fourth-order valence-corrected chi connectivity index (χ4v) is 2.54. The molecule has 5 nitrogen and oxygen atoms in total. The summed E-state index contributed by atoms with van der Waals surface area (Å²) in [6.07, 6.45) is 1.52. The summed E-state index contributed by atoms with van der Waals surface area (Å²) in [7, 11) is -3.07. The standard InChI is InChI=1S/C13H16FN3O2S/c1-2-20(18,19)8-7-17-9-12(15)13(16-17)10-5-3-4-6-11(10)14/h3-6,9H,2,7-8,15H2,1H3. The Morgan fingerprint density at radius 1 is 1.35 bits per heavy atom. The third-order valence-electron chi connectivity index (χ3n) is 2.99. The van der Waals surface area contributed by atoms with Crippen LogP contribution in [0.5, 0.6) is 0 Å². The first kappa shape index (κ1) is 14.5. The smallest absolute Gasteiger partial charge is 0.151 e. The lowest BCUT2D eigenvalue weighted by Crippen LogP contribution is -2.14. The Balaban J connectivity index is 2.25. The number of hydrogen-bond acceptors (Lipinski definition) is 4. The first-order valence-corrected chi connectivity index (χ1v) is 8.03. The van der Waals surface area contributed by atoms with Crippen LogP contribution in [0.15, 0.2) is 30.5 Å². The molecular formula is C13H16FN3O2S. The van der Waals surface area contributed by atoms with Crippen molar-refractivity contribution in [2.75, 3.05) is 17.2 Å². The zero-order valence-electron chi connectivity index (χ0n) is 11.1. The Hall–Kier alpha value is -1.89. The molecule has 0 fully saturated rings. The molecule has 2 rings (SSSR count). The minimum Gasteiger partial charge on any atom is -0.396 e. The van der Waals surface area contributed by atoms with Crippen molar-refractivity contribution in [2.45, 2.75) is 13.5 Å². The molecular weight excluding hydrogens is 281 g/mol. The maximum absolute atomic E-state index is 13.7. The zero-order chi connectivity index (χ0) is 14.8. The van der Waals surface area contributed by atoms with Crippen molar-refractivity contribution < 1.29 is 12.8 Å². The summed E-state index contributed by atoms with van der Waals surface area (Å²) in [4.78, 5) is 0. The van der Waals surface area contributed by atoms with E-state index in [-0.39, 0.29) is 18.1 Å². The molecule has 1 heterocycles. The molecule has 1 aromatic carbocycles. The number of nitrogens with two attached hydrogens (primary N) is 1. The molecule has 0 radical (unpaired) electrons. The van der Waals surface area contributed by atoms with Crippen molar-refractivity contribution in [2.24, 2.45) is 0 Å². The number of sulfone groups is 1. The van der Waals surface area contributed by atoms with Crippen LogP contribution in [0, 0.1) is 5.82 Å². The Morgan fingerprint density at radius 2 is 2.05 bits per heavy atom. The number of hydrogen-bond donors (Lipinski definition) is 1. The fraction of sp³-hybridized carbons (Fsp3) is 0.308. The van der Waals surface area contributed by atoms with Crippen LogP contribution in [0.1, 0.15) is 6.92 Å². The lowest BCUT2D eigenvalue weighted by Gasteiger charge is -2.02. The highest BCUT2D eigenvalue weighted by Gasteiger charge is 2.14. The SMILES string of the molecule is CCS(=O)(=O)CCn1cc(N)c(-c2ccccc2F)n1. The average Bonchev–Trinajstić information content (AvgIpc) is 2.78. The maximum atomic E-state index is 13.7. The van der Waals surface area contributed by atoms with E-state index in [4.69, 9.17) is 5.73 Å². The number of rotatable bonds is 5. The Morgan fingerprint density at radius 3 is 2.70 bits per heavy atom. The highest BCUT2D eigenvalue weighted by Crippen LogP contribution is 2.26. The van der Waals surface area contributed by atoms with E-state index in [1.807, 2.05) is 0 Å². The Labute approximate surface area is 117 Å². The Kier molecular flexibility index (Phi) is 4.08. The van der Waals surface area contributed by atoms with Gasteiger partial charge in [0.25, 0.3) is 0 Å². The summed E-state index contributed by atoms with van der Waals surface area (Å²) in [6, 6.07) is 6.19. The summed E-state index contributed by atoms with van der Waals surface area (Å²) in [5.41, 5.74) is 6.78.